The maximum absolute atomic E-state index is 12.4. The summed E-state index contributed by atoms with van der Waals surface area (Å²) in [6.45, 7) is 2.28. The maximum Gasteiger partial charge on any atom is 0.347 e. The van der Waals surface area contributed by atoms with Gasteiger partial charge in [0.25, 0.3) is 0 Å². The van der Waals surface area contributed by atoms with Crippen molar-refractivity contribution in [1.82, 2.24) is 4.31 Å². The van der Waals surface area contributed by atoms with Crippen LogP contribution in [-0.4, -0.2) is 47.9 Å². The van der Waals surface area contributed by atoms with E-state index in [4.69, 9.17) is 5.11 Å². The Kier molecular flexibility index (Phi) is 4.00. The molecule has 1 unspecified atom stereocenters. The van der Waals surface area contributed by atoms with E-state index in [1.807, 2.05) is 6.92 Å². The first-order valence-electron chi connectivity index (χ1n) is 5.35. The first-order valence-corrected chi connectivity index (χ1v) is 8.82. The summed E-state index contributed by atoms with van der Waals surface area (Å²) in [6.07, 6.45) is 0. The average molecular weight is 307 g/mol. The number of carboxylic acids is 1. The SMILES string of the molecule is CC1CSCCN1S(=O)(=O)c1ccsc1C(=O)O. The Balaban J connectivity index is 2.41. The normalized spacial score (nSPS) is 21.9. The highest BCUT2D eigenvalue weighted by atomic mass is 32.2. The maximum atomic E-state index is 12.4. The first kappa shape index (κ1) is 13.9. The monoisotopic (exact) mass is 307 g/mol. The molecule has 0 bridgehead atoms. The van der Waals surface area contributed by atoms with Gasteiger partial charge in [0.1, 0.15) is 9.77 Å². The van der Waals surface area contributed by atoms with Crippen LogP contribution in [0, 0.1) is 0 Å². The van der Waals surface area contributed by atoms with Crippen LogP contribution in [0.3, 0.4) is 0 Å². The molecule has 1 aliphatic rings. The van der Waals surface area contributed by atoms with Gasteiger partial charge in [0.05, 0.1) is 0 Å². The zero-order chi connectivity index (χ0) is 13.3. The van der Waals surface area contributed by atoms with Crippen LogP contribution in [0.5, 0.6) is 0 Å². The fourth-order valence-corrected chi connectivity index (χ4v) is 5.94. The van der Waals surface area contributed by atoms with Crippen molar-refractivity contribution in [2.75, 3.05) is 18.1 Å². The highest BCUT2D eigenvalue weighted by molar-refractivity contribution is 7.99. The van der Waals surface area contributed by atoms with Gasteiger partial charge in [-0.1, -0.05) is 0 Å². The van der Waals surface area contributed by atoms with Crippen molar-refractivity contribution in [2.24, 2.45) is 0 Å². The number of hydrogen-bond donors (Lipinski definition) is 1. The summed E-state index contributed by atoms with van der Waals surface area (Å²) in [5.74, 6) is 0.296. The van der Waals surface area contributed by atoms with Crippen molar-refractivity contribution in [2.45, 2.75) is 17.9 Å². The molecule has 2 rings (SSSR count). The Hall–Kier alpha value is -0.570. The van der Waals surface area contributed by atoms with Crippen molar-refractivity contribution >= 4 is 39.1 Å². The number of carboxylic acid groups (broad SMARTS) is 1. The molecular formula is C10H13NO4S3. The molecule has 0 aromatic carbocycles. The number of thiophene rings is 1. The van der Waals surface area contributed by atoms with Gasteiger partial charge in [-0.15, -0.1) is 11.3 Å². The van der Waals surface area contributed by atoms with Crippen LogP contribution in [0.1, 0.15) is 16.6 Å². The molecule has 0 amide bonds. The molecule has 0 radical (unpaired) electrons. The van der Waals surface area contributed by atoms with Gasteiger partial charge in [-0.3, -0.25) is 0 Å². The number of thioether (sulfide) groups is 1. The number of aromatic carboxylic acids is 1. The number of sulfonamides is 1. The second-order valence-corrected chi connectivity index (χ2v) is 7.88. The van der Waals surface area contributed by atoms with Crippen molar-refractivity contribution < 1.29 is 18.3 Å². The lowest BCUT2D eigenvalue weighted by Gasteiger charge is -2.31. The van der Waals surface area contributed by atoms with Gasteiger partial charge in [0.2, 0.25) is 10.0 Å². The van der Waals surface area contributed by atoms with Gasteiger partial charge in [-0.25, -0.2) is 13.2 Å². The van der Waals surface area contributed by atoms with E-state index in [0.29, 0.717) is 6.54 Å². The highest BCUT2D eigenvalue weighted by Crippen LogP contribution is 2.29. The standard InChI is InChI=1S/C10H13NO4S3/c1-7-6-16-5-3-11(7)18(14,15)8-2-4-17-9(8)10(12)13/h2,4,7H,3,5-6H2,1H3,(H,12,13). The summed E-state index contributed by atoms with van der Waals surface area (Å²) in [7, 11) is -3.69. The van der Waals surface area contributed by atoms with Gasteiger partial charge in [0.15, 0.2) is 0 Å². The smallest absolute Gasteiger partial charge is 0.347 e. The fourth-order valence-electron chi connectivity index (χ4n) is 1.85. The molecule has 1 atom stereocenters. The average Bonchev–Trinajstić information content (AvgIpc) is 2.78. The van der Waals surface area contributed by atoms with Gasteiger partial charge >= 0.3 is 5.97 Å². The van der Waals surface area contributed by atoms with Crippen molar-refractivity contribution in [1.29, 1.82) is 0 Å². The van der Waals surface area contributed by atoms with E-state index in [2.05, 4.69) is 0 Å². The molecule has 0 spiro atoms. The van der Waals surface area contributed by atoms with E-state index in [1.54, 1.807) is 11.8 Å². The second-order valence-electron chi connectivity index (χ2n) is 3.96. The zero-order valence-corrected chi connectivity index (χ0v) is 12.1. The third-order valence-electron chi connectivity index (χ3n) is 2.72. The Morgan fingerprint density at radius 1 is 1.56 bits per heavy atom. The van der Waals surface area contributed by atoms with E-state index < -0.39 is 16.0 Å². The first-order chi connectivity index (χ1) is 8.44. The summed E-state index contributed by atoms with van der Waals surface area (Å²) >= 11 is 2.65. The van der Waals surface area contributed by atoms with Crippen LogP contribution >= 0.6 is 23.1 Å². The fraction of sp³-hybridized carbons (Fsp3) is 0.500. The Morgan fingerprint density at radius 2 is 2.28 bits per heavy atom. The Bertz CT molecular complexity index is 551. The topological polar surface area (TPSA) is 74.7 Å². The van der Waals surface area contributed by atoms with Crippen molar-refractivity contribution in [3.63, 3.8) is 0 Å². The number of nitrogens with zero attached hydrogens (tertiary/aromatic N) is 1. The lowest BCUT2D eigenvalue weighted by Crippen LogP contribution is -2.44. The molecule has 1 aliphatic heterocycles. The Morgan fingerprint density at radius 3 is 2.89 bits per heavy atom. The third kappa shape index (κ3) is 2.42. The van der Waals surface area contributed by atoms with Gasteiger partial charge < -0.3 is 5.11 Å². The lowest BCUT2D eigenvalue weighted by molar-refractivity contribution is 0.0698. The van der Waals surface area contributed by atoms with Crippen LogP contribution < -0.4 is 0 Å². The predicted octanol–water partition coefficient (Wildman–Crippen LogP) is 1.57. The molecule has 1 saturated heterocycles. The third-order valence-corrected chi connectivity index (χ3v) is 6.99. The van der Waals surface area contributed by atoms with Gasteiger partial charge in [-0.2, -0.15) is 16.1 Å². The molecule has 1 N–H and O–H groups in total. The van der Waals surface area contributed by atoms with Crippen LogP contribution in [0.2, 0.25) is 0 Å². The molecule has 5 nitrogen and oxygen atoms in total. The minimum atomic E-state index is -3.69. The highest BCUT2D eigenvalue weighted by Gasteiger charge is 2.34. The molecule has 2 heterocycles. The number of hydrogen-bond acceptors (Lipinski definition) is 5. The summed E-state index contributed by atoms with van der Waals surface area (Å²) in [6, 6.07) is 1.27. The second kappa shape index (κ2) is 5.20. The van der Waals surface area contributed by atoms with Crippen molar-refractivity contribution in [3.05, 3.63) is 16.3 Å². The van der Waals surface area contributed by atoms with Crippen LogP contribution in [0.4, 0.5) is 0 Å². The van der Waals surface area contributed by atoms with Crippen LogP contribution in [-0.2, 0) is 10.0 Å². The number of carbonyl (C=O) groups is 1. The molecule has 1 aromatic rings. The summed E-state index contributed by atoms with van der Waals surface area (Å²) in [5, 5.41) is 10.5. The number of rotatable bonds is 3. The molecule has 18 heavy (non-hydrogen) atoms. The lowest BCUT2D eigenvalue weighted by atomic mass is 10.4. The van der Waals surface area contributed by atoms with Crippen molar-refractivity contribution in [3.8, 4) is 0 Å². The van der Waals surface area contributed by atoms with E-state index in [1.165, 1.54) is 15.8 Å². The van der Waals surface area contributed by atoms with Gasteiger partial charge in [0, 0.05) is 24.1 Å². The summed E-state index contributed by atoms with van der Waals surface area (Å²) in [4.78, 5) is 10.8. The largest absolute Gasteiger partial charge is 0.477 e. The minimum Gasteiger partial charge on any atom is -0.477 e. The van der Waals surface area contributed by atoms with E-state index >= 15 is 0 Å². The molecule has 8 heteroatoms. The molecule has 0 aliphatic carbocycles. The van der Waals surface area contributed by atoms with E-state index in [9.17, 15) is 13.2 Å². The molecule has 0 saturated carbocycles. The van der Waals surface area contributed by atoms with Crippen LogP contribution in [0.25, 0.3) is 0 Å². The quantitative estimate of drug-likeness (QED) is 0.917. The molecule has 1 aromatic heterocycles. The van der Waals surface area contributed by atoms with Gasteiger partial charge in [-0.05, 0) is 18.4 Å². The zero-order valence-electron chi connectivity index (χ0n) is 9.70. The predicted molar refractivity (Wildman–Crippen MR) is 72.0 cm³/mol. The molecule has 100 valence electrons. The van der Waals surface area contributed by atoms with E-state index in [-0.39, 0.29) is 15.8 Å². The Labute approximate surface area is 114 Å². The minimum absolute atomic E-state index is 0.0845. The molecular weight excluding hydrogens is 294 g/mol. The summed E-state index contributed by atoms with van der Waals surface area (Å²) < 4.78 is 26.3. The van der Waals surface area contributed by atoms with E-state index in [0.717, 1.165) is 22.8 Å². The summed E-state index contributed by atoms with van der Waals surface area (Å²) in [5.41, 5.74) is 0. The van der Waals surface area contributed by atoms with Crippen LogP contribution in [0.15, 0.2) is 16.3 Å². The molecule has 1 fully saturated rings.